The highest BCUT2D eigenvalue weighted by Crippen LogP contribution is 2.45. The lowest BCUT2D eigenvalue weighted by Gasteiger charge is -2.13. The Kier molecular flexibility index (Phi) is 7.21. The van der Waals surface area contributed by atoms with Crippen LogP contribution < -0.4 is 0 Å². The zero-order valence-corrected chi connectivity index (χ0v) is 32.7. The summed E-state index contributed by atoms with van der Waals surface area (Å²) in [6, 6.07) is 70.2. The first-order chi connectivity index (χ1) is 30.3. The predicted molar refractivity (Wildman–Crippen MR) is 250 cm³/mol. The maximum Gasteiger partial charge on any atom is 0.238 e. The second kappa shape index (κ2) is 13.1. The Bertz CT molecular complexity index is 3810. The van der Waals surface area contributed by atoms with Crippen LogP contribution in [0.2, 0.25) is 0 Å². The molecular formula is C55H33N5O. The maximum atomic E-state index is 7.16. The van der Waals surface area contributed by atoms with Crippen molar-refractivity contribution in [3.8, 4) is 45.5 Å². The molecule has 0 aliphatic heterocycles. The molecule has 284 valence electrons. The number of nitrogens with zero attached hydrogens (tertiary/aromatic N) is 5. The highest BCUT2D eigenvalue weighted by Gasteiger charge is 2.24. The van der Waals surface area contributed by atoms with Crippen LogP contribution in [0.3, 0.4) is 0 Å². The first-order valence-electron chi connectivity index (χ1n) is 20.5. The number of hydrogen-bond acceptors (Lipinski definition) is 4. The van der Waals surface area contributed by atoms with Crippen molar-refractivity contribution in [1.82, 2.24) is 24.1 Å². The van der Waals surface area contributed by atoms with Crippen LogP contribution in [-0.4, -0.2) is 24.1 Å². The van der Waals surface area contributed by atoms with E-state index in [4.69, 9.17) is 19.4 Å². The summed E-state index contributed by atoms with van der Waals surface area (Å²) in [7, 11) is 0. The molecule has 0 aliphatic rings. The van der Waals surface area contributed by atoms with Crippen molar-refractivity contribution in [3.05, 3.63) is 200 Å². The minimum atomic E-state index is 0.545. The smallest absolute Gasteiger partial charge is 0.238 e. The molecule has 9 aromatic carbocycles. The van der Waals surface area contributed by atoms with Gasteiger partial charge in [0.25, 0.3) is 0 Å². The maximum absolute atomic E-state index is 7.16. The third-order valence-electron chi connectivity index (χ3n) is 12.2. The SMILES string of the molecule is c1ccc(-c2ccc3c(c2)c2ccccc2n3-c2cc3c4ccc5c(c6ccccc6n5-c5nc(-c6ccccc6)nc(-c6ccccc6)n5)c4oc3c3ccccc23)cc1. The van der Waals surface area contributed by atoms with Crippen molar-refractivity contribution < 1.29 is 4.42 Å². The first-order valence-corrected chi connectivity index (χ1v) is 20.5. The molecule has 0 aliphatic carbocycles. The molecule has 0 radical (unpaired) electrons. The van der Waals surface area contributed by atoms with Gasteiger partial charge in [0.05, 0.1) is 33.1 Å². The number of para-hydroxylation sites is 2. The summed E-state index contributed by atoms with van der Waals surface area (Å²) >= 11 is 0. The average Bonchev–Trinajstić information content (AvgIpc) is 3.99. The quantitative estimate of drug-likeness (QED) is 0.175. The number of benzene rings is 9. The summed E-state index contributed by atoms with van der Waals surface area (Å²) in [4.78, 5) is 15.3. The van der Waals surface area contributed by atoms with E-state index in [9.17, 15) is 0 Å². The molecule has 13 rings (SSSR count). The molecule has 4 aromatic heterocycles. The van der Waals surface area contributed by atoms with Crippen LogP contribution in [0, 0.1) is 0 Å². The molecule has 0 bridgehead atoms. The van der Waals surface area contributed by atoms with E-state index in [-0.39, 0.29) is 0 Å². The number of hydrogen-bond donors (Lipinski definition) is 0. The van der Waals surface area contributed by atoms with Gasteiger partial charge in [-0.2, -0.15) is 9.97 Å². The van der Waals surface area contributed by atoms with E-state index in [0.29, 0.717) is 17.6 Å². The van der Waals surface area contributed by atoms with Crippen LogP contribution >= 0.6 is 0 Å². The Hall–Kier alpha value is -8.35. The zero-order chi connectivity index (χ0) is 40.0. The molecule has 0 amide bonds. The van der Waals surface area contributed by atoms with E-state index in [2.05, 4.69) is 149 Å². The summed E-state index contributed by atoms with van der Waals surface area (Å²) in [5.74, 6) is 1.77. The summed E-state index contributed by atoms with van der Waals surface area (Å²) in [6.45, 7) is 0. The van der Waals surface area contributed by atoms with Gasteiger partial charge in [-0.3, -0.25) is 4.57 Å². The van der Waals surface area contributed by atoms with Gasteiger partial charge in [0, 0.05) is 48.8 Å². The Labute approximate surface area is 349 Å². The van der Waals surface area contributed by atoms with Crippen LogP contribution in [0.15, 0.2) is 205 Å². The van der Waals surface area contributed by atoms with Gasteiger partial charge < -0.3 is 8.98 Å². The average molecular weight is 780 g/mol. The number of furan rings is 1. The van der Waals surface area contributed by atoms with Crippen molar-refractivity contribution in [2.75, 3.05) is 0 Å². The lowest BCUT2D eigenvalue weighted by atomic mass is 10.0. The first kappa shape index (κ1) is 33.6. The van der Waals surface area contributed by atoms with Gasteiger partial charge in [-0.15, -0.1) is 0 Å². The topological polar surface area (TPSA) is 61.7 Å². The van der Waals surface area contributed by atoms with Gasteiger partial charge in [0.1, 0.15) is 11.2 Å². The fourth-order valence-corrected chi connectivity index (χ4v) is 9.43. The summed E-state index contributed by atoms with van der Waals surface area (Å²) in [5, 5.41) is 8.81. The molecule has 4 heterocycles. The molecule has 0 saturated heterocycles. The molecule has 0 N–H and O–H groups in total. The van der Waals surface area contributed by atoms with E-state index in [1.807, 2.05) is 60.7 Å². The summed E-state index contributed by atoms with van der Waals surface area (Å²) in [6.07, 6.45) is 0. The molecule has 0 fully saturated rings. The van der Waals surface area contributed by atoms with Crippen molar-refractivity contribution in [3.63, 3.8) is 0 Å². The van der Waals surface area contributed by atoms with Gasteiger partial charge >= 0.3 is 0 Å². The minimum absolute atomic E-state index is 0.545. The largest absolute Gasteiger partial charge is 0.455 e. The minimum Gasteiger partial charge on any atom is -0.455 e. The van der Waals surface area contributed by atoms with Gasteiger partial charge in [0.15, 0.2) is 11.6 Å². The standard InChI is InChI=1S/C55H33N5O/c1-4-16-34(17-5-1)37-28-30-47-43(32-37)39-23-12-14-26-45(39)59(47)49-33-44-41-29-31-48-50(52(41)61-51(44)40-24-11-10-22-38(40)49)42-25-13-15-27-46(42)60(48)55-57-53(35-18-6-2-7-19-35)56-54(58-55)36-20-8-3-9-21-36/h1-33H. The number of fused-ring (bicyclic) bond motifs is 12. The van der Waals surface area contributed by atoms with Gasteiger partial charge in [0.2, 0.25) is 5.95 Å². The number of rotatable bonds is 5. The molecule has 0 spiro atoms. The van der Waals surface area contributed by atoms with E-state index >= 15 is 0 Å². The Morgan fingerprint density at radius 1 is 0.311 bits per heavy atom. The highest BCUT2D eigenvalue weighted by atomic mass is 16.3. The van der Waals surface area contributed by atoms with E-state index in [1.165, 1.54) is 21.9 Å². The van der Waals surface area contributed by atoms with Crippen LogP contribution in [0.4, 0.5) is 0 Å². The van der Waals surface area contributed by atoms with Gasteiger partial charge in [-0.1, -0.05) is 158 Å². The van der Waals surface area contributed by atoms with E-state index in [1.54, 1.807) is 0 Å². The lowest BCUT2D eigenvalue weighted by molar-refractivity contribution is 0.676. The summed E-state index contributed by atoms with van der Waals surface area (Å²) < 4.78 is 11.7. The molecular weight excluding hydrogens is 747 g/mol. The molecule has 6 heteroatoms. The molecule has 61 heavy (non-hydrogen) atoms. The van der Waals surface area contributed by atoms with E-state index < -0.39 is 0 Å². The molecule has 13 aromatic rings. The zero-order valence-electron chi connectivity index (χ0n) is 32.7. The fraction of sp³-hybridized carbons (Fsp3) is 0. The Balaban J connectivity index is 1.08. The van der Waals surface area contributed by atoms with Gasteiger partial charge in [-0.25, -0.2) is 4.98 Å². The van der Waals surface area contributed by atoms with Crippen LogP contribution in [-0.2, 0) is 0 Å². The second-order valence-corrected chi connectivity index (χ2v) is 15.6. The third kappa shape index (κ3) is 5.06. The predicted octanol–water partition coefficient (Wildman–Crippen LogP) is 14.1. The van der Waals surface area contributed by atoms with Crippen LogP contribution in [0.25, 0.3) is 122 Å². The lowest BCUT2D eigenvalue weighted by Crippen LogP contribution is -2.06. The van der Waals surface area contributed by atoms with Crippen molar-refractivity contribution in [1.29, 1.82) is 0 Å². The molecule has 0 unspecified atom stereocenters. The Morgan fingerprint density at radius 3 is 1.52 bits per heavy atom. The highest BCUT2D eigenvalue weighted by molar-refractivity contribution is 6.27. The molecule has 0 atom stereocenters. The second-order valence-electron chi connectivity index (χ2n) is 15.6. The van der Waals surface area contributed by atoms with Gasteiger partial charge in [-0.05, 0) is 53.6 Å². The molecule has 6 nitrogen and oxygen atoms in total. The van der Waals surface area contributed by atoms with Crippen LogP contribution in [0.5, 0.6) is 0 Å². The van der Waals surface area contributed by atoms with Crippen molar-refractivity contribution >= 4 is 76.3 Å². The normalized spacial score (nSPS) is 11.9. The Morgan fingerprint density at radius 2 is 0.836 bits per heavy atom. The van der Waals surface area contributed by atoms with E-state index in [0.717, 1.165) is 82.4 Å². The van der Waals surface area contributed by atoms with Crippen molar-refractivity contribution in [2.45, 2.75) is 0 Å². The molecule has 0 saturated carbocycles. The monoisotopic (exact) mass is 779 g/mol. The van der Waals surface area contributed by atoms with Crippen LogP contribution in [0.1, 0.15) is 0 Å². The third-order valence-corrected chi connectivity index (χ3v) is 12.2. The van der Waals surface area contributed by atoms with Crippen molar-refractivity contribution in [2.24, 2.45) is 0 Å². The summed E-state index contributed by atoms with van der Waals surface area (Å²) in [5.41, 5.74) is 11.3. The fourth-order valence-electron chi connectivity index (χ4n) is 9.43. The number of aromatic nitrogens is 5.